The van der Waals surface area contributed by atoms with E-state index in [-0.39, 0.29) is 51.7 Å². The molecule has 2 aliphatic rings. The fraction of sp³-hybridized carbons (Fsp3) is 0.341. The Morgan fingerprint density at radius 1 is 0.750 bits per heavy atom. The number of amides is 2. The van der Waals surface area contributed by atoms with Crippen LogP contribution in [-0.2, 0) is 35.6 Å². The molecular formula is C44H47N5O8S3. The lowest BCUT2D eigenvalue weighted by Crippen LogP contribution is -2.39. The molecule has 2 amide bonds. The maximum atomic E-state index is 13.9. The van der Waals surface area contributed by atoms with Gasteiger partial charge in [0.15, 0.2) is 15.7 Å². The topological polar surface area (TPSA) is 182 Å². The second-order valence-electron chi connectivity index (χ2n) is 15.5. The van der Waals surface area contributed by atoms with Gasteiger partial charge in [0.25, 0.3) is 21.8 Å². The molecule has 1 N–H and O–H groups in total. The maximum Gasteiger partial charge on any atom is 0.253 e. The van der Waals surface area contributed by atoms with E-state index in [1.807, 2.05) is 36.4 Å². The Bertz CT molecular complexity index is 2710. The molecule has 0 aliphatic carbocycles. The summed E-state index contributed by atoms with van der Waals surface area (Å²) in [5.74, 6) is 0.684. The number of hydrogen-bond acceptors (Lipinski definition) is 9. The molecule has 0 unspecified atom stereocenters. The molecule has 4 aromatic carbocycles. The Labute approximate surface area is 353 Å². The first-order valence-electron chi connectivity index (χ1n) is 19.4. The van der Waals surface area contributed by atoms with Crippen LogP contribution in [0.25, 0.3) is 0 Å². The molecule has 0 aromatic heterocycles. The molecule has 6 rings (SSSR count). The van der Waals surface area contributed by atoms with Gasteiger partial charge in [0.1, 0.15) is 0 Å². The molecule has 4 aromatic rings. The summed E-state index contributed by atoms with van der Waals surface area (Å²) in [6.45, 7) is 3.34. The number of anilines is 2. The monoisotopic (exact) mass is 869 g/mol. The number of hydrogen-bond donors (Lipinski definition) is 1. The van der Waals surface area contributed by atoms with E-state index < -0.39 is 41.5 Å². The first-order valence-corrected chi connectivity index (χ1v) is 24.9. The second kappa shape index (κ2) is 17.9. The summed E-state index contributed by atoms with van der Waals surface area (Å²) in [5, 5.41) is 9.13. The number of piperidine rings is 2. The summed E-state index contributed by atoms with van der Waals surface area (Å²) in [4.78, 5) is 30.9. The van der Waals surface area contributed by atoms with Gasteiger partial charge in [-0.25, -0.2) is 25.3 Å². The summed E-state index contributed by atoms with van der Waals surface area (Å²) >= 11 is 0. The van der Waals surface area contributed by atoms with E-state index in [2.05, 4.69) is 16.7 Å². The molecule has 13 nitrogen and oxygen atoms in total. The van der Waals surface area contributed by atoms with Crippen LogP contribution in [0.3, 0.4) is 0 Å². The van der Waals surface area contributed by atoms with Crippen molar-refractivity contribution in [3.8, 4) is 18.4 Å². The number of terminal acetylenes is 1. The number of nitrogens with one attached hydrogen (secondary N) is 1. The van der Waals surface area contributed by atoms with Crippen LogP contribution in [0.15, 0.2) is 84.9 Å². The predicted molar refractivity (Wildman–Crippen MR) is 232 cm³/mol. The first-order chi connectivity index (χ1) is 28.3. The summed E-state index contributed by atoms with van der Waals surface area (Å²) in [6.07, 6.45) is 10.2. The third-order valence-corrected chi connectivity index (χ3v) is 14.3. The minimum absolute atomic E-state index is 0.0144. The van der Waals surface area contributed by atoms with Gasteiger partial charge in [-0.1, -0.05) is 42.3 Å². The average molecular weight is 870 g/mol. The fourth-order valence-electron chi connectivity index (χ4n) is 7.83. The summed E-state index contributed by atoms with van der Waals surface area (Å²) in [5.41, 5.74) is 4.09. The number of carbonyl (C=O) groups excluding carboxylic acids is 2. The largest absolute Gasteiger partial charge is 0.339 e. The van der Waals surface area contributed by atoms with Crippen molar-refractivity contribution in [3.05, 3.63) is 129 Å². The molecule has 2 saturated heterocycles. The summed E-state index contributed by atoms with van der Waals surface area (Å²) in [6, 6.07) is 25.8. The third kappa shape index (κ3) is 10.7. The molecule has 16 heteroatoms. The van der Waals surface area contributed by atoms with Crippen molar-refractivity contribution in [2.24, 2.45) is 0 Å². The Kier molecular flexibility index (Phi) is 13.1. The van der Waals surface area contributed by atoms with Gasteiger partial charge in [0, 0.05) is 49.1 Å². The highest BCUT2D eigenvalue weighted by Gasteiger charge is 2.31. The smallest absolute Gasteiger partial charge is 0.253 e. The molecule has 0 spiro atoms. The highest BCUT2D eigenvalue weighted by Crippen LogP contribution is 2.33. The zero-order chi connectivity index (χ0) is 43.4. The standard InChI is InChI=1S/C44H47N5O8S3/c1-5-32-7-6-8-37(25-32)36-19-23-48(24-20-36)44(51)39-12-9-31(2)42(27-39)49(59(4,54)55)30-60(56,57)46-41-26-38(15-16-40(41)29-58(3,52)53)43(50)47-21-17-35(18-22-47)34-13-10-33(28-45)11-14-34/h1,6-16,25-27,35-36,46H,17-24,29-30H2,2-4H3. The van der Waals surface area contributed by atoms with Gasteiger partial charge in [0.05, 0.1) is 35.0 Å². The van der Waals surface area contributed by atoms with Crippen LogP contribution < -0.4 is 9.03 Å². The van der Waals surface area contributed by atoms with E-state index in [9.17, 15) is 34.8 Å². The predicted octanol–water partition coefficient (Wildman–Crippen LogP) is 5.60. The number of sulfonamides is 2. The van der Waals surface area contributed by atoms with E-state index >= 15 is 0 Å². The highest BCUT2D eigenvalue weighted by atomic mass is 32.2. The van der Waals surface area contributed by atoms with Crippen LogP contribution in [0, 0.1) is 30.6 Å². The van der Waals surface area contributed by atoms with Gasteiger partial charge >= 0.3 is 0 Å². The van der Waals surface area contributed by atoms with Crippen molar-refractivity contribution in [1.82, 2.24) is 9.80 Å². The number of likely N-dealkylation sites (tertiary alicyclic amines) is 2. The lowest BCUT2D eigenvalue weighted by Gasteiger charge is -2.33. The van der Waals surface area contributed by atoms with Gasteiger partial charge in [-0.05, 0) is 115 Å². The van der Waals surface area contributed by atoms with Crippen LogP contribution in [0.4, 0.5) is 11.4 Å². The lowest BCUT2D eigenvalue weighted by atomic mass is 9.88. The Balaban J connectivity index is 1.20. The molecule has 314 valence electrons. The average Bonchev–Trinajstić information content (AvgIpc) is 3.22. The van der Waals surface area contributed by atoms with E-state index in [1.165, 1.54) is 24.3 Å². The van der Waals surface area contributed by atoms with Crippen molar-refractivity contribution in [2.75, 3.05) is 53.6 Å². The molecule has 60 heavy (non-hydrogen) atoms. The van der Waals surface area contributed by atoms with Gasteiger partial charge in [-0.15, -0.1) is 6.42 Å². The maximum absolute atomic E-state index is 13.9. The number of aryl methyl sites for hydroxylation is 1. The molecular weight excluding hydrogens is 823 g/mol. The van der Waals surface area contributed by atoms with Crippen molar-refractivity contribution in [1.29, 1.82) is 5.26 Å². The molecule has 0 saturated carbocycles. The minimum Gasteiger partial charge on any atom is -0.339 e. The van der Waals surface area contributed by atoms with Crippen molar-refractivity contribution < 1.29 is 34.8 Å². The fourth-order valence-corrected chi connectivity index (χ4v) is 11.4. The number of sulfone groups is 1. The summed E-state index contributed by atoms with van der Waals surface area (Å²) in [7, 11) is -12.6. The Morgan fingerprint density at radius 2 is 1.32 bits per heavy atom. The molecule has 0 radical (unpaired) electrons. The highest BCUT2D eigenvalue weighted by molar-refractivity contribution is 7.96. The van der Waals surface area contributed by atoms with E-state index in [0.29, 0.717) is 67.3 Å². The third-order valence-electron chi connectivity index (χ3n) is 11.1. The zero-order valence-electron chi connectivity index (χ0n) is 33.7. The van der Waals surface area contributed by atoms with Gasteiger partial charge in [-0.3, -0.25) is 18.6 Å². The molecule has 0 bridgehead atoms. The number of nitriles is 1. The molecule has 2 fully saturated rings. The van der Waals surface area contributed by atoms with Crippen LogP contribution in [-0.4, -0.2) is 91.4 Å². The van der Waals surface area contributed by atoms with Crippen LogP contribution in [0.1, 0.15) is 91.6 Å². The van der Waals surface area contributed by atoms with E-state index in [4.69, 9.17) is 11.7 Å². The first kappa shape index (κ1) is 43.9. The Morgan fingerprint density at radius 3 is 1.87 bits per heavy atom. The zero-order valence-corrected chi connectivity index (χ0v) is 36.1. The molecule has 0 atom stereocenters. The van der Waals surface area contributed by atoms with E-state index in [0.717, 1.165) is 29.2 Å². The van der Waals surface area contributed by atoms with Crippen molar-refractivity contribution in [3.63, 3.8) is 0 Å². The number of rotatable bonds is 12. The minimum atomic E-state index is -4.61. The van der Waals surface area contributed by atoms with Crippen LogP contribution in [0.2, 0.25) is 0 Å². The van der Waals surface area contributed by atoms with Crippen LogP contribution in [0.5, 0.6) is 0 Å². The van der Waals surface area contributed by atoms with E-state index in [1.54, 1.807) is 41.0 Å². The number of nitrogens with zero attached hydrogens (tertiary/aromatic N) is 4. The van der Waals surface area contributed by atoms with Crippen molar-refractivity contribution in [2.45, 2.75) is 50.2 Å². The second-order valence-corrected chi connectivity index (χ2v) is 21.3. The molecule has 2 heterocycles. The number of benzene rings is 4. The quantitative estimate of drug-likeness (QED) is 0.177. The van der Waals surface area contributed by atoms with Gasteiger partial charge < -0.3 is 9.80 Å². The summed E-state index contributed by atoms with van der Waals surface area (Å²) < 4.78 is 82.4. The van der Waals surface area contributed by atoms with Gasteiger partial charge in [-0.2, -0.15) is 5.26 Å². The molecule has 2 aliphatic heterocycles. The van der Waals surface area contributed by atoms with Crippen molar-refractivity contribution >= 4 is 53.1 Å². The normalized spacial score (nSPS) is 15.5. The Hall–Kier alpha value is -5.68. The lowest BCUT2D eigenvalue weighted by molar-refractivity contribution is 0.0705. The SMILES string of the molecule is C#Cc1cccc(C2CCN(C(=O)c3ccc(C)c(N(CS(=O)(=O)Nc4cc(C(=O)N5CCC(c6ccc(C#N)cc6)CC5)ccc4CS(C)(=O)=O)S(C)(=O)=O)c3)CC2)c1. The van der Waals surface area contributed by atoms with Crippen LogP contribution >= 0.6 is 0 Å². The van der Waals surface area contributed by atoms with Gasteiger partial charge in [0.2, 0.25) is 10.0 Å². The number of carbonyl (C=O) groups is 2.